The molecule has 0 unspecified atom stereocenters. The molecule has 0 bridgehead atoms. The van der Waals surface area contributed by atoms with Crippen molar-refractivity contribution < 1.29 is 33.5 Å². The van der Waals surface area contributed by atoms with Gasteiger partial charge in [0.1, 0.15) is 11.3 Å². The molecular weight excluding hydrogens is 412 g/mol. The van der Waals surface area contributed by atoms with E-state index in [9.17, 15) is 19.4 Å². The predicted octanol–water partition coefficient (Wildman–Crippen LogP) is 2.16. The van der Waals surface area contributed by atoms with Gasteiger partial charge in [-0.05, 0) is 33.3 Å². The first-order valence-corrected chi connectivity index (χ1v) is 9.14. The lowest BCUT2D eigenvalue weighted by atomic mass is 9.72. The Kier molecular flexibility index (Phi) is 6.85. The van der Waals surface area contributed by atoms with Crippen molar-refractivity contribution in [1.29, 1.82) is 0 Å². The summed E-state index contributed by atoms with van der Waals surface area (Å²) in [6, 6.07) is 1.24. The number of halogens is 2. The van der Waals surface area contributed by atoms with Crippen LogP contribution in [0.25, 0.3) is 0 Å². The summed E-state index contributed by atoms with van der Waals surface area (Å²) in [6.07, 6.45) is 0.0920. The highest BCUT2D eigenvalue weighted by molar-refractivity contribution is 6.48. The van der Waals surface area contributed by atoms with Crippen LogP contribution in [0.15, 0.2) is 6.07 Å². The summed E-state index contributed by atoms with van der Waals surface area (Å²) in [6.45, 7) is 5.68. The van der Waals surface area contributed by atoms with E-state index in [2.05, 4.69) is 5.32 Å². The van der Waals surface area contributed by atoms with Crippen LogP contribution in [0.3, 0.4) is 0 Å². The Balaban J connectivity index is 2.22. The second-order valence-corrected chi connectivity index (χ2v) is 8.06. The first kappa shape index (κ1) is 22.3. The van der Waals surface area contributed by atoms with E-state index < -0.39 is 37.2 Å². The minimum atomic E-state index is -1.40. The highest BCUT2D eigenvalue weighted by Gasteiger charge is 2.39. The average molecular weight is 432 g/mol. The molecule has 1 aliphatic rings. The third-order valence-electron chi connectivity index (χ3n) is 3.87. The van der Waals surface area contributed by atoms with Crippen LogP contribution in [-0.4, -0.2) is 42.7 Å². The van der Waals surface area contributed by atoms with Gasteiger partial charge in [-0.3, -0.25) is 9.59 Å². The minimum Gasteiger partial charge on any atom is -0.534 e. The molecule has 1 aromatic rings. The molecule has 1 aromatic carbocycles. The Morgan fingerprint density at radius 3 is 2.54 bits per heavy atom. The van der Waals surface area contributed by atoms with E-state index >= 15 is 0 Å². The standard InChI is InChI=1S/C17H20BCl2NO7/c1-8(22)21-12-6-9-13(20)11(19)5-10(14(9)28-18(12)25)15(23)26-7-27-16(24)17(2,3)4/h5,12,25H,6-7H2,1-4H3,(H,21,22)/t12-/m0/s1. The number of ether oxygens (including phenoxy) is 2. The van der Waals surface area contributed by atoms with Gasteiger partial charge in [0.25, 0.3) is 0 Å². The molecule has 28 heavy (non-hydrogen) atoms. The fourth-order valence-electron chi connectivity index (χ4n) is 2.47. The van der Waals surface area contributed by atoms with Gasteiger partial charge in [-0.1, -0.05) is 23.2 Å². The molecule has 1 atom stereocenters. The molecule has 152 valence electrons. The zero-order valence-corrected chi connectivity index (χ0v) is 17.3. The maximum absolute atomic E-state index is 12.4. The molecule has 0 spiro atoms. The molecule has 1 amide bonds. The molecule has 2 N–H and O–H groups in total. The summed E-state index contributed by atoms with van der Waals surface area (Å²) < 4.78 is 15.3. The van der Waals surface area contributed by atoms with Crippen LogP contribution in [0.4, 0.5) is 0 Å². The zero-order chi connectivity index (χ0) is 21.2. The summed E-state index contributed by atoms with van der Waals surface area (Å²) in [5.41, 5.74) is -0.491. The van der Waals surface area contributed by atoms with Gasteiger partial charge in [0.15, 0.2) is 0 Å². The second kappa shape index (κ2) is 8.59. The number of hydrogen-bond donors (Lipinski definition) is 2. The Morgan fingerprint density at radius 1 is 1.32 bits per heavy atom. The molecule has 0 aliphatic carbocycles. The molecule has 0 aromatic heterocycles. The number of benzene rings is 1. The highest BCUT2D eigenvalue weighted by atomic mass is 35.5. The normalized spacial score (nSPS) is 16.0. The van der Waals surface area contributed by atoms with Crippen molar-refractivity contribution in [1.82, 2.24) is 5.32 Å². The molecule has 1 aliphatic heterocycles. The smallest absolute Gasteiger partial charge is 0.534 e. The van der Waals surface area contributed by atoms with Crippen LogP contribution in [0.5, 0.6) is 5.75 Å². The maximum Gasteiger partial charge on any atom is 0.547 e. The molecule has 0 saturated carbocycles. The highest BCUT2D eigenvalue weighted by Crippen LogP contribution is 2.40. The van der Waals surface area contributed by atoms with Gasteiger partial charge in [0, 0.05) is 12.5 Å². The lowest BCUT2D eigenvalue weighted by molar-refractivity contribution is -0.161. The van der Waals surface area contributed by atoms with Crippen LogP contribution in [-0.2, 0) is 25.5 Å². The SMILES string of the molecule is CC(=O)N[C@H]1Cc2c(Cl)c(Cl)cc(C(=O)OCOC(=O)C(C)(C)C)c2OB1O. The zero-order valence-electron chi connectivity index (χ0n) is 15.8. The van der Waals surface area contributed by atoms with Gasteiger partial charge in [-0.25, -0.2) is 4.79 Å². The molecular formula is C17H20BCl2NO7. The summed E-state index contributed by atoms with van der Waals surface area (Å²) in [7, 11) is -1.40. The molecule has 8 nitrogen and oxygen atoms in total. The van der Waals surface area contributed by atoms with E-state index in [1.807, 2.05) is 0 Å². The van der Waals surface area contributed by atoms with Crippen molar-refractivity contribution in [2.24, 2.45) is 5.41 Å². The topological polar surface area (TPSA) is 111 Å². The quantitative estimate of drug-likeness (QED) is 0.426. The third kappa shape index (κ3) is 5.09. The second-order valence-electron chi connectivity index (χ2n) is 7.28. The molecule has 0 radical (unpaired) electrons. The van der Waals surface area contributed by atoms with Crippen molar-refractivity contribution >= 4 is 48.2 Å². The Hall–Kier alpha value is -1.97. The number of esters is 2. The Labute approximate surface area is 172 Å². The molecule has 2 rings (SSSR count). The minimum absolute atomic E-state index is 0.00403. The van der Waals surface area contributed by atoms with E-state index in [1.165, 1.54) is 13.0 Å². The molecule has 0 saturated heterocycles. The van der Waals surface area contributed by atoms with Gasteiger partial charge < -0.3 is 24.5 Å². The number of amides is 1. The lowest BCUT2D eigenvalue weighted by Crippen LogP contribution is -2.52. The van der Waals surface area contributed by atoms with Crippen molar-refractivity contribution in [2.45, 2.75) is 40.1 Å². The number of fused-ring (bicyclic) bond motifs is 1. The van der Waals surface area contributed by atoms with Gasteiger partial charge in [-0.15, -0.1) is 0 Å². The van der Waals surface area contributed by atoms with Crippen molar-refractivity contribution in [2.75, 3.05) is 6.79 Å². The molecule has 11 heteroatoms. The summed E-state index contributed by atoms with van der Waals surface area (Å²) >= 11 is 12.3. The molecule has 1 heterocycles. The summed E-state index contributed by atoms with van der Waals surface area (Å²) in [5, 5.41) is 12.9. The van der Waals surface area contributed by atoms with Crippen LogP contribution in [0, 0.1) is 5.41 Å². The fraction of sp³-hybridized carbons (Fsp3) is 0.471. The number of rotatable bonds is 4. The average Bonchev–Trinajstić information content (AvgIpc) is 2.58. The van der Waals surface area contributed by atoms with Crippen LogP contribution < -0.4 is 9.97 Å². The number of carbonyl (C=O) groups is 3. The molecule has 0 fully saturated rings. The summed E-state index contributed by atoms with van der Waals surface area (Å²) in [5.74, 6) is -2.55. The third-order valence-corrected chi connectivity index (χ3v) is 4.70. The van der Waals surface area contributed by atoms with Gasteiger partial charge in [0.05, 0.1) is 21.4 Å². The number of nitrogens with one attached hydrogen (secondary N) is 1. The van der Waals surface area contributed by atoms with E-state index in [-0.39, 0.29) is 33.7 Å². The predicted molar refractivity (Wildman–Crippen MR) is 102 cm³/mol. The van der Waals surface area contributed by atoms with Crippen LogP contribution in [0.1, 0.15) is 43.6 Å². The fourth-order valence-corrected chi connectivity index (χ4v) is 2.91. The Morgan fingerprint density at radius 2 is 1.96 bits per heavy atom. The monoisotopic (exact) mass is 431 g/mol. The number of hydrogen-bond acceptors (Lipinski definition) is 7. The Bertz CT molecular complexity index is 810. The van der Waals surface area contributed by atoms with Gasteiger partial charge in [-0.2, -0.15) is 0 Å². The van der Waals surface area contributed by atoms with Crippen LogP contribution in [0.2, 0.25) is 10.0 Å². The first-order valence-electron chi connectivity index (χ1n) is 8.39. The summed E-state index contributed by atoms with van der Waals surface area (Å²) in [4.78, 5) is 35.5. The van der Waals surface area contributed by atoms with Gasteiger partial charge in [0.2, 0.25) is 12.7 Å². The van der Waals surface area contributed by atoms with Crippen molar-refractivity contribution in [3.8, 4) is 5.75 Å². The van der Waals surface area contributed by atoms with Gasteiger partial charge >= 0.3 is 19.1 Å². The van der Waals surface area contributed by atoms with Crippen molar-refractivity contribution in [3.63, 3.8) is 0 Å². The van der Waals surface area contributed by atoms with E-state index in [0.717, 1.165) is 0 Å². The largest absolute Gasteiger partial charge is 0.547 e. The first-order chi connectivity index (χ1) is 12.9. The lowest BCUT2D eigenvalue weighted by Gasteiger charge is -2.29. The van der Waals surface area contributed by atoms with E-state index in [0.29, 0.717) is 5.56 Å². The maximum atomic E-state index is 12.4. The van der Waals surface area contributed by atoms with E-state index in [4.69, 9.17) is 37.3 Å². The van der Waals surface area contributed by atoms with E-state index in [1.54, 1.807) is 20.8 Å². The van der Waals surface area contributed by atoms with Crippen molar-refractivity contribution in [3.05, 3.63) is 27.2 Å². The van der Waals surface area contributed by atoms with Crippen LogP contribution >= 0.6 is 23.2 Å². The number of carbonyl (C=O) groups excluding carboxylic acids is 3.